The fraction of sp³-hybridized carbons (Fsp3) is 0. The number of fused-ring (bicyclic) bond motifs is 2. The van der Waals surface area contributed by atoms with Crippen molar-refractivity contribution in [1.29, 1.82) is 0 Å². The Morgan fingerprint density at radius 1 is 0.933 bits per heavy atom. The largest absolute Gasteiger partial charge is 0.448 e. The molecular formula is C10H5IN2O2. The van der Waals surface area contributed by atoms with E-state index < -0.39 is 0 Å². The topological polar surface area (TPSA) is 44.2 Å². The van der Waals surface area contributed by atoms with E-state index in [1.54, 1.807) is 6.07 Å². The molecule has 0 radical (unpaired) electrons. The van der Waals surface area contributed by atoms with E-state index in [-0.39, 0.29) is 0 Å². The molecule has 2 aromatic rings. The lowest BCUT2D eigenvalue weighted by atomic mass is 10.3. The maximum Gasteiger partial charge on any atom is 0.282 e. The van der Waals surface area contributed by atoms with Gasteiger partial charge in [-0.3, -0.25) is 0 Å². The van der Waals surface area contributed by atoms with Crippen molar-refractivity contribution in [3.8, 4) is 23.1 Å². The van der Waals surface area contributed by atoms with E-state index in [0.717, 1.165) is 3.70 Å². The maximum absolute atomic E-state index is 5.63. The van der Waals surface area contributed by atoms with Crippen LogP contribution in [0, 0.1) is 3.70 Å². The smallest absolute Gasteiger partial charge is 0.282 e. The van der Waals surface area contributed by atoms with Crippen LogP contribution >= 0.6 is 22.6 Å². The molecule has 15 heavy (non-hydrogen) atoms. The summed E-state index contributed by atoms with van der Waals surface area (Å²) in [6, 6.07) is 9.25. The van der Waals surface area contributed by atoms with Gasteiger partial charge in [0.05, 0.1) is 0 Å². The molecule has 1 aromatic heterocycles. The summed E-state index contributed by atoms with van der Waals surface area (Å²) in [5.41, 5.74) is 0. The Morgan fingerprint density at radius 3 is 2.47 bits per heavy atom. The minimum Gasteiger partial charge on any atom is -0.448 e. The van der Waals surface area contributed by atoms with Crippen molar-refractivity contribution in [1.82, 2.24) is 10.2 Å². The number of benzene rings is 1. The molecule has 0 saturated heterocycles. The number of rotatable bonds is 0. The molecule has 0 N–H and O–H groups in total. The molecular weight excluding hydrogens is 307 g/mol. The van der Waals surface area contributed by atoms with E-state index in [1.807, 2.05) is 24.3 Å². The molecule has 4 nitrogen and oxygen atoms in total. The first-order valence-corrected chi connectivity index (χ1v) is 5.39. The minimum atomic E-state index is 0.411. The lowest BCUT2D eigenvalue weighted by molar-refractivity contribution is 0.342. The molecule has 0 aliphatic carbocycles. The van der Waals surface area contributed by atoms with Crippen LogP contribution in [0.25, 0.3) is 0 Å². The van der Waals surface area contributed by atoms with Crippen LogP contribution in [0.2, 0.25) is 0 Å². The first kappa shape index (κ1) is 8.90. The fourth-order valence-electron chi connectivity index (χ4n) is 1.33. The molecule has 0 bridgehead atoms. The molecule has 0 fully saturated rings. The second-order valence-electron chi connectivity index (χ2n) is 2.99. The lowest BCUT2D eigenvalue weighted by Gasteiger charge is -2.18. The molecule has 2 heterocycles. The molecule has 1 aliphatic heterocycles. The van der Waals surface area contributed by atoms with Crippen molar-refractivity contribution >= 4 is 22.6 Å². The molecule has 0 unspecified atom stereocenters. The molecule has 74 valence electrons. The molecule has 0 spiro atoms. The number of para-hydroxylation sites is 2. The Bertz CT molecular complexity index is 531. The molecule has 5 heteroatoms. The Kier molecular flexibility index (Phi) is 1.98. The maximum atomic E-state index is 5.63. The van der Waals surface area contributed by atoms with Crippen LogP contribution in [0.1, 0.15) is 0 Å². The number of nitrogens with zero attached hydrogens (tertiary/aromatic N) is 2. The van der Waals surface area contributed by atoms with E-state index in [1.165, 1.54) is 0 Å². The van der Waals surface area contributed by atoms with Crippen LogP contribution in [0.3, 0.4) is 0 Å². The van der Waals surface area contributed by atoms with Gasteiger partial charge in [0.15, 0.2) is 17.2 Å². The van der Waals surface area contributed by atoms with Crippen LogP contribution < -0.4 is 9.47 Å². The molecule has 1 aliphatic rings. The van der Waals surface area contributed by atoms with Gasteiger partial charge in [0, 0.05) is 6.07 Å². The standard InChI is InChI=1S/C10H5IN2O2/c11-9-5-8-10(13-12-9)15-7-4-2-1-3-6(7)14-8/h1-5H. The first-order chi connectivity index (χ1) is 7.33. The third kappa shape index (κ3) is 1.52. The highest BCUT2D eigenvalue weighted by atomic mass is 127. The van der Waals surface area contributed by atoms with Gasteiger partial charge in [0.2, 0.25) is 0 Å². The van der Waals surface area contributed by atoms with Gasteiger partial charge in [-0.1, -0.05) is 12.1 Å². The van der Waals surface area contributed by atoms with Crippen molar-refractivity contribution in [2.45, 2.75) is 0 Å². The van der Waals surface area contributed by atoms with Gasteiger partial charge in [-0.05, 0) is 34.7 Å². The van der Waals surface area contributed by atoms with E-state index in [4.69, 9.17) is 9.47 Å². The van der Waals surface area contributed by atoms with E-state index in [2.05, 4.69) is 32.8 Å². The van der Waals surface area contributed by atoms with E-state index >= 15 is 0 Å². The quantitative estimate of drug-likeness (QED) is 0.599. The van der Waals surface area contributed by atoms with Crippen molar-refractivity contribution in [3.05, 3.63) is 34.0 Å². The SMILES string of the molecule is Ic1cc2c(nn1)Oc1ccccc1O2. The third-order valence-electron chi connectivity index (χ3n) is 1.97. The van der Waals surface area contributed by atoms with Gasteiger partial charge in [0.25, 0.3) is 5.88 Å². The van der Waals surface area contributed by atoms with Crippen molar-refractivity contribution in [2.75, 3.05) is 0 Å². The van der Waals surface area contributed by atoms with Gasteiger partial charge < -0.3 is 9.47 Å². The zero-order valence-electron chi connectivity index (χ0n) is 7.48. The third-order valence-corrected chi connectivity index (χ3v) is 2.50. The Hall–Kier alpha value is -1.37. The summed E-state index contributed by atoms with van der Waals surface area (Å²) in [5, 5.41) is 7.81. The number of hydrogen-bond donors (Lipinski definition) is 0. The predicted molar refractivity (Wildman–Crippen MR) is 61.3 cm³/mol. The second kappa shape index (κ2) is 3.34. The van der Waals surface area contributed by atoms with Crippen LogP contribution in [-0.2, 0) is 0 Å². The van der Waals surface area contributed by atoms with Gasteiger partial charge in [-0.2, -0.15) is 0 Å². The van der Waals surface area contributed by atoms with Gasteiger partial charge >= 0.3 is 0 Å². The normalized spacial score (nSPS) is 12.1. The summed E-state index contributed by atoms with van der Waals surface area (Å²) in [7, 11) is 0. The summed E-state index contributed by atoms with van der Waals surface area (Å²) in [6.45, 7) is 0. The molecule has 3 rings (SSSR count). The van der Waals surface area contributed by atoms with Crippen LogP contribution in [0.15, 0.2) is 30.3 Å². The summed E-state index contributed by atoms with van der Waals surface area (Å²) < 4.78 is 11.9. The number of aromatic nitrogens is 2. The highest BCUT2D eigenvalue weighted by Crippen LogP contribution is 2.43. The lowest BCUT2D eigenvalue weighted by Crippen LogP contribution is -2.02. The van der Waals surface area contributed by atoms with Gasteiger partial charge in [-0.25, -0.2) is 0 Å². The predicted octanol–water partition coefficient (Wildman–Crippen LogP) is 2.98. The van der Waals surface area contributed by atoms with Crippen LogP contribution in [-0.4, -0.2) is 10.2 Å². The highest BCUT2D eigenvalue weighted by Gasteiger charge is 2.19. The summed E-state index contributed by atoms with van der Waals surface area (Å²) in [6.07, 6.45) is 0. The minimum absolute atomic E-state index is 0.411. The zero-order valence-corrected chi connectivity index (χ0v) is 9.63. The van der Waals surface area contributed by atoms with Crippen LogP contribution in [0.5, 0.6) is 23.1 Å². The molecule has 0 saturated carbocycles. The van der Waals surface area contributed by atoms with Crippen molar-refractivity contribution < 1.29 is 9.47 Å². The molecule has 0 atom stereocenters. The second-order valence-corrected chi connectivity index (χ2v) is 4.09. The van der Waals surface area contributed by atoms with Crippen LogP contribution in [0.4, 0.5) is 0 Å². The number of ether oxygens (including phenoxy) is 2. The van der Waals surface area contributed by atoms with Crippen molar-refractivity contribution in [3.63, 3.8) is 0 Å². The fourth-order valence-corrected chi connectivity index (χ4v) is 1.72. The molecule has 0 amide bonds. The highest BCUT2D eigenvalue weighted by molar-refractivity contribution is 14.1. The van der Waals surface area contributed by atoms with E-state index in [9.17, 15) is 0 Å². The molecule has 1 aromatic carbocycles. The van der Waals surface area contributed by atoms with Gasteiger partial charge in [0.1, 0.15) is 3.70 Å². The Balaban J connectivity index is 2.11. The Morgan fingerprint density at radius 2 is 1.67 bits per heavy atom. The Labute approximate surface area is 99.4 Å². The summed E-state index contributed by atoms with van der Waals surface area (Å²) >= 11 is 2.08. The van der Waals surface area contributed by atoms with Crippen molar-refractivity contribution in [2.24, 2.45) is 0 Å². The average molecular weight is 312 g/mol. The summed E-state index contributed by atoms with van der Waals surface area (Å²) in [4.78, 5) is 0. The first-order valence-electron chi connectivity index (χ1n) is 4.31. The van der Waals surface area contributed by atoms with E-state index in [0.29, 0.717) is 23.1 Å². The monoisotopic (exact) mass is 312 g/mol. The number of halogens is 1. The zero-order chi connectivity index (χ0) is 10.3. The number of hydrogen-bond acceptors (Lipinski definition) is 4. The van der Waals surface area contributed by atoms with Gasteiger partial charge in [-0.15, -0.1) is 10.2 Å². The summed E-state index contributed by atoms with van der Waals surface area (Å²) in [5.74, 6) is 2.39. The average Bonchev–Trinajstić information content (AvgIpc) is 2.26.